The molecule has 0 saturated carbocycles. The van der Waals surface area contributed by atoms with Crippen LogP contribution in [0.5, 0.6) is 0 Å². The lowest BCUT2D eigenvalue weighted by Crippen LogP contribution is -1.88. The number of nitrogens with zero attached hydrogens (tertiary/aromatic N) is 3. The van der Waals surface area contributed by atoms with E-state index in [-0.39, 0.29) is 0 Å². The highest BCUT2D eigenvalue weighted by atomic mass is 32.1. The third-order valence-corrected chi connectivity index (χ3v) is 6.75. The first-order chi connectivity index (χ1) is 18.3. The fraction of sp³-hybridized carbons (Fsp3) is 0. The van der Waals surface area contributed by atoms with Gasteiger partial charge >= 0.3 is 0 Å². The van der Waals surface area contributed by atoms with Gasteiger partial charge in [0.05, 0.1) is 21.6 Å². The van der Waals surface area contributed by atoms with Gasteiger partial charge in [-0.05, 0) is 47.1 Å². The zero-order valence-corrected chi connectivity index (χ0v) is 21.1. The molecule has 0 saturated heterocycles. The molecule has 3 aromatic carbocycles. The largest absolute Gasteiger partial charge is 0.237 e. The van der Waals surface area contributed by atoms with Crippen LogP contribution in [0.25, 0.3) is 38.5 Å². The Morgan fingerprint density at radius 3 is 2.19 bits per heavy atom. The Bertz CT molecular complexity index is 1620. The first kappa shape index (κ1) is 24.0. The van der Waals surface area contributed by atoms with Crippen molar-refractivity contribution in [3.8, 4) is 10.6 Å². The lowest BCUT2D eigenvalue weighted by Gasteiger charge is -2.08. The maximum Gasteiger partial charge on any atom is 0.124 e. The van der Waals surface area contributed by atoms with Gasteiger partial charge in [-0.1, -0.05) is 110 Å². The number of thiazole rings is 1. The van der Waals surface area contributed by atoms with Crippen molar-refractivity contribution in [3.05, 3.63) is 157 Å². The van der Waals surface area contributed by atoms with Crippen molar-refractivity contribution in [3.63, 3.8) is 0 Å². The first-order valence-electron chi connectivity index (χ1n) is 12.0. The predicted molar refractivity (Wildman–Crippen MR) is 158 cm³/mol. The summed E-state index contributed by atoms with van der Waals surface area (Å²) in [4.78, 5) is 13.6. The van der Waals surface area contributed by atoms with Crippen molar-refractivity contribution in [1.82, 2.24) is 15.0 Å². The molecule has 0 spiro atoms. The Hall–Kier alpha value is -4.67. The molecule has 3 nitrogen and oxygen atoms in total. The quantitative estimate of drug-likeness (QED) is 0.202. The molecule has 2 aromatic heterocycles. The van der Waals surface area contributed by atoms with E-state index in [1.54, 1.807) is 23.7 Å². The lowest BCUT2D eigenvalue weighted by atomic mass is 9.97. The Morgan fingerprint density at radius 2 is 1.43 bits per heavy atom. The van der Waals surface area contributed by atoms with Crippen molar-refractivity contribution in [2.45, 2.75) is 0 Å². The van der Waals surface area contributed by atoms with Crippen molar-refractivity contribution in [2.75, 3.05) is 0 Å². The van der Waals surface area contributed by atoms with E-state index in [1.807, 2.05) is 66.8 Å². The van der Waals surface area contributed by atoms with E-state index < -0.39 is 0 Å². The second-order valence-corrected chi connectivity index (χ2v) is 9.25. The molecule has 2 heterocycles. The van der Waals surface area contributed by atoms with E-state index in [4.69, 9.17) is 4.98 Å². The smallest absolute Gasteiger partial charge is 0.124 e. The van der Waals surface area contributed by atoms with Gasteiger partial charge in [0, 0.05) is 5.56 Å². The zero-order chi connectivity index (χ0) is 25.3. The normalized spacial score (nSPS) is 12.3. The van der Waals surface area contributed by atoms with Crippen LogP contribution in [0, 0.1) is 0 Å². The summed E-state index contributed by atoms with van der Waals surface area (Å²) < 4.78 is 1.18. The molecule has 5 rings (SSSR count). The number of fused-ring (bicyclic) bond motifs is 1. The Labute approximate surface area is 221 Å². The van der Waals surface area contributed by atoms with E-state index >= 15 is 0 Å². The summed E-state index contributed by atoms with van der Waals surface area (Å²) in [5.41, 5.74) is 7.22. The van der Waals surface area contributed by atoms with Crippen LogP contribution in [0.15, 0.2) is 134 Å². The molecule has 0 N–H and O–H groups in total. The predicted octanol–water partition coefficient (Wildman–Crippen LogP) is 8.65. The Kier molecular flexibility index (Phi) is 7.70. The van der Waals surface area contributed by atoms with Gasteiger partial charge in [0.15, 0.2) is 0 Å². The molecule has 0 aliphatic carbocycles. The van der Waals surface area contributed by atoms with Gasteiger partial charge in [-0.25, -0.2) is 15.0 Å². The minimum Gasteiger partial charge on any atom is -0.237 e. The monoisotopic (exact) mass is 495 g/mol. The minimum absolute atomic E-state index is 0.841. The highest BCUT2D eigenvalue weighted by Gasteiger charge is 2.10. The SMILES string of the molecule is C=C/C=C\C=C\c1cc(/C=C/C=C(\c2ccccc2)c2ccc3sc(-c4ccccc4)nc3c2)ncn1. The fourth-order valence-corrected chi connectivity index (χ4v) is 4.84. The number of benzene rings is 3. The second-order valence-electron chi connectivity index (χ2n) is 8.22. The molecule has 4 heteroatoms. The molecule has 0 fully saturated rings. The Morgan fingerprint density at radius 1 is 0.703 bits per heavy atom. The van der Waals surface area contributed by atoms with Crippen molar-refractivity contribution in [1.29, 1.82) is 0 Å². The van der Waals surface area contributed by atoms with Gasteiger partial charge in [-0.15, -0.1) is 11.3 Å². The number of hydrogen-bond acceptors (Lipinski definition) is 4. The average molecular weight is 496 g/mol. The van der Waals surface area contributed by atoms with Crippen LogP contribution in [-0.2, 0) is 0 Å². The summed E-state index contributed by atoms with van der Waals surface area (Å²) in [5, 5.41) is 1.03. The molecule has 37 heavy (non-hydrogen) atoms. The second kappa shape index (κ2) is 11.8. The fourth-order valence-electron chi connectivity index (χ4n) is 3.89. The van der Waals surface area contributed by atoms with Gasteiger partial charge in [0.25, 0.3) is 0 Å². The summed E-state index contributed by atoms with van der Waals surface area (Å²) in [7, 11) is 0. The highest BCUT2D eigenvalue weighted by molar-refractivity contribution is 7.21. The average Bonchev–Trinajstić information content (AvgIpc) is 3.38. The number of allylic oxidation sites excluding steroid dienone is 6. The van der Waals surface area contributed by atoms with Crippen molar-refractivity contribution in [2.24, 2.45) is 0 Å². The van der Waals surface area contributed by atoms with Crippen LogP contribution in [0.4, 0.5) is 0 Å². The van der Waals surface area contributed by atoms with Gasteiger partial charge in [-0.2, -0.15) is 0 Å². The minimum atomic E-state index is 0.841. The van der Waals surface area contributed by atoms with Crippen molar-refractivity contribution >= 4 is 39.3 Å². The third kappa shape index (κ3) is 6.13. The Balaban J connectivity index is 1.47. The topological polar surface area (TPSA) is 38.7 Å². The van der Waals surface area contributed by atoms with Crippen LogP contribution in [-0.4, -0.2) is 15.0 Å². The maximum absolute atomic E-state index is 4.93. The van der Waals surface area contributed by atoms with Crippen LogP contribution >= 0.6 is 11.3 Å². The maximum atomic E-state index is 4.93. The summed E-state index contributed by atoms with van der Waals surface area (Å²) in [6.07, 6.45) is 17.2. The molecule has 0 aliphatic heterocycles. The van der Waals surface area contributed by atoms with E-state index in [0.29, 0.717) is 0 Å². The summed E-state index contributed by atoms with van der Waals surface area (Å²) in [6, 6.07) is 29.2. The third-order valence-electron chi connectivity index (χ3n) is 5.67. The van der Waals surface area contributed by atoms with E-state index in [1.165, 1.54) is 4.70 Å². The van der Waals surface area contributed by atoms with Crippen LogP contribution in [0.2, 0.25) is 0 Å². The lowest BCUT2D eigenvalue weighted by molar-refractivity contribution is 1.14. The van der Waals surface area contributed by atoms with Crippen molar-refractivity contribution < 1.29 is 0 Å². The molecular formula is C33H25N3S. The number of aromatic nitrogens is 3. The molecular weight excluding hydrogens is 470 g/mol. The molecule has 178 valence electrons. The molecule has 5 aromatic rings. The molecule has 0 radical (unpaired) electrons. The van der Waals surface area contributed by atoms with Crippen LogP contribution < -0.4 is 0 Å². The van der Waals surface area contributed by atoms with Gasteiger partial charge < -0.3 is 0 Å². The molecule has 0 bridgehead atoms. The van der Waals surface area contributed by atoms with Gasteiger partial charge in [-0.3, -0.25) is 0 Å². The highest BCUT2D eigenvalue weighted by Crippen LogP contribution is 2.33. The summed E-state index contributed by atoms with van der Waals surface area (Å²) in [5.74, 6) is 0. The standard InChI is InChI=1S/C33H25N3S/c1-2-3-4-11-17-28-23-29(35-24-34-28)18-12-19-30(25-13-7-5-8-14-25)27-20-21-32-31(22-27)36-33(37-32)26-15-9-6-10-16-26/h2-24H,1H2/b4-3-,17-11+,18-12+,30-19+. The first-order valence-corrected chi connectivity index (χ1v) is 12.8. The zero-order valence-electron chi connectivity index (χ0n) is 20.2. The van der Waals surface area contributed by atoms with Crippen LogP contribution in [0.1, 0.15) is 22.5 Å². The summed E-state index contributed by atoms with van der Waals surface area (Å²) >= 11 is 1.72. The van der Waals surface area contributed by atoms with E-state index in [2.05, 4.69) is 77.2 Å². The van der Waals surface area contributed by atoms with Gasteiger partial charge in [0.1, 0.15) is 11.3 Å². The molecule has 0 aliphatic rings. The number of hydrogen-bond donors (Lipinski definition) is 0. The van der Waals surface area contributed by atoms with E-state index in [0.717, 1.165) is 44.2 Å². The number of rotatable bonds is 8. The van der Waals surface area contributed by atoms with E-state index in [9.17, 15) is 0 Å². The van der Waals surface area contributed by atoms with Gasteiger partial charge in [0.2, 0.25) is 0 Å². The molecule has 0 amide bonds. The molecule has 0 unspecified atom stereocenters. The molecule has 0 atom stereocenters. The van der Waals surface area contributed by atoms with Crippen LogP contribution in [0.3, 0.4) is 0 Å². The summed E-state index contributed by atoms with van der Waals surface area (Å²) in [6.45, 7) is 3.68.